The number of nitrogens with zero attached hydrogens (tertiary/aromatic N) is 1. The molecule has 7 atom stereocenters. The fraction of sp³-hybridized carbons (Fsp3) is 0.621. The van der Waals surface area contributed by atoms with E-state index in [1.165, 1.54) is 6.92 Å². The van der Waals surface area contributed by atoms with Gasteiger partial charge in [-0.3, -0.25) is 4.79 Å². The van der Waals surface area contributed by atoms with E-state index in [0.29, 0.717) is 16.7 Å². The molecule has 1 saturated carbocycles. The van der Waals surface area contributed by atoms with Crippen LogP contribution in [-0.4, -0.2) is 52.2 Å². The van der Waals surface area contributed by atoms with Gasteiger partial charge >= 0.3 is 12.1 Å². The molecule has 8 nitrogen and oxygen atoms in total. The molecular formula is C29H32F3NO7. The number of alkyl halides is 3. The van der Waals surface area contributed by atoms with Crippen molar-refractivity contribution in [3.05, 3.63) is 52.0 Å². The van der Waals surface area contributed by atoms with Gasteiger partial charge in [0.05, 0.1) is 12.3 Å². The molecule has 1 aromatic rings. The first-order valence-corrected chi connectivity index (χ1v) is 13.3. The lowest BCUT2D eigenvalue weighted by atomic mass is 9.61. The number of carbonyl (C=O) groups is 2. The van der Waals surface area contributed by atoms with Gasteiger partial charge in [-0.05, 0) is 63.0 Å². The number of esters is 1. The van der Waals surface area contributed by atoms with E-state index in [0.717, 1.165) is 0 Å². The van der Waals surface area contributed by atoms with E-state index in [-0.39, 0.29) is 35.3 Å². The molecule has 2 bridgehead atoms. The molecule has 216 valence electrons. The quantitative estimate of drug-likeness (QED) is 0.407. The van der Waals surface area contributed by atoms with Crippen LogP contribution < -0.4 is 0 Å². The molecule has 1 saturated heterocycles. The highest BCUT2D eigenvalue weighted by atomic mass is 19.4. The molecule has 5 aliphatic rings. The maximum atomic E-state index is 14.6. The Morgan fingerprint density at radius 3 is 2.48 bits per heavy atom. The lowest BCUT2D eigenvalue weighted by Crippen LogP contribution is -2.67. The summed E-state index contributed by atoms with van der Waals surface area (Å²) >= 11 is 0. The Morgan fingerprint density at radius 2 is 1.82 bits per heavy atom. The molecule has 1 aliphatic heterocycles. The normalized spacial score (nSPS) is 39.0. The molecule has 0 radical (unpaired) electrons. The third-order valence-electron chi connectivity index (χ3n) is 9.68. The molecule has 4 aliphatic carbocycles. The van der Waals surface area contributed by atoms with Crippen LogP contribution in [0.3, 0.4) is 0 Å². The lowest BCUT2D eigenvalue weighted by Gasteiger charge is -2.51. The highest BCUT2D eigenvalue weighted by Gasteiger charge is 2.76. The molecule has 0 unspecified atom stereocenters. The molecule has 0 amide bonds. The fourth-order valence-electron chi connectivity index (χ4n) is 7.67. The van der Waals surface area contributed by atoms with Crippen molar-refractivity contribution in [2.24, 2.45) is 28.6 Å². The number of ketones is 1. The Balaban J connectivity index is 1.53. The minimum absolute atomic E-state index is 0.0240. The number of Topliss-reactive ketones (excluding diaryl/α,β-unsaturated/α-hetero) is 1. The number of ether oxygens (including phenoxy) is 3. The van der Waals surface area contributed by atoms with Crippen molar-refractivity contribution in [3.8, 4) is 0 Å². The SMILES string of the molecule is CC1=C[C@]23C(=O)[C@@H](C=C4COC(C)(C)O[C@H]4[C@]2(O)[C@H]1OC(=O)c1c(C)noc1C(F)(F)F)[C@H]1[C@@H](C=C3C)C1(C)C. The van der Waals surface area contributed by atoms with Crippen LogP contribution in [0, 0.1) is 35.5 Å². The zero-order chi connectivity index (χ0) is 29.4. The lowest BCUT2D eigenvalue weighted by molar-refractivity contribution is -0.297. The van der Waals surface area contributed by atoms with E-state index in [2.05, 4.69) is 23.5 Å². The molecule has 2 fully saturated rings. The van der Waals surface area contributed by atoms with Gasteiger partial charge in [0.25, 0.3) is 5.76 Å². The molecule has 11 heteroatoms. The van der Waals surface area contributed by atoms with E-state index in [1.807, 2.05) is 12.2 Å². The van der Waals surface area contributed by atoms with Crippen LogP contribution >= 0.6 is 0 Å². The summed E-state index contributed by atoms with van der Waals surface area (Å²) in [6.45, 7) is 12.1. The molecule has 0 aromatic carbocycles. The minimum Gasteiger partial charge on any atom is -0.451 e. The van der Waals surface area contributed by atoms with Crippen molar-refractivity contribution < 1.29 is 46.6 Å². The topological polar surface area (TPSA) is 108 Å². The van der Waals surface area contributed by atoms with Crippen LogP contribution in [0.15, 0.2) is 39.5 Å². The summed E-state index contributed by atoms with van der Waals surface area (Å²) in [6, 6.07) is 0. The first kappa shape index (κ1) is 27.4. The number of aliphatic hydroxyl groups is 1. The van der Waals surface area contributed by atoms with Crippen LogP contribution in [0.25, 0.3) is 0 Å². The van der Waals surface area contributed by atoms with Crippen molar-refractivity contribution in [3.63, 3.8) is 0 Å². The summed E-state index contributed by atoms with van der Waals surface area (Å²) in [4.78, 5) is 28.0. The Hall–Kier alpha value is -2.76. The van der Waals surface area contributed by atoms with Gasteiger partial charge in [0.15, 0.2) is 23.3 Å². The zero-order valence-electron chi connectivity index (χ0n) is 23.3. The van der Waals surface area contributed by atoms with Gasteiger partial charge in [0.2, 0.25) is 0 Å². The number of aromatic nitrogens is 1. The third kappa shape index (κ3) is 3.34. The largest absolute Gasteiger partial charge is 0.453 e. The highest BCUT2D eigenvalue weighted by Crippen LogP contribution is 2.70. The van der Waals surface area contributed by atoms with Gasteiger partial charge in [0.1, 0.15) is 17.1 Å². The highest BCUT2D eigenvalue weighted by molar-refractivity contribution is 5.98. The predicted molar refractivity (Wildman–Crippen MR) is 133 cm³/mol. The fourth-order valence-corrected chi connectivity index (χ4v) is 7.67. The van der Waals surface area contributed by atoms with Crippen LogP contribution in [0.4, 0.5) is 13.2 Å². The molecular weight excluding hydrogens is 531 g/mol. The average Bonchev–Trinajstić information content (AvgIpc) is 3.10. The molecule has 1 N–H and O–H groups in total. The van der Waals surface area contributed by atoms with Crippen LogP contribution in [0.1, 0.15) is 63.4 Å². The zero-order valence-corrected chi connectivity index (χ0v) is 23.3. The van der Waals surface area contributed by atoms with E-state index >= 15 is 0 Å². The Morgan fingerprint density at radius 1 is 1.15 bits per heavy atom. The van der Waals surface area contributed by atoms with E-state index in [9.17, 15) is 27.9 Å². The number of carbonyl (C=O) groups excluding carboxylic acids is 2. The number of allylic oxidation sites excluding steroid dienone is 2. The monoisotopic (exact) mass is 563 g/mol. The molecule has 2 heterocycles. The summed E-state index contributed by atoms with van der Waals surface area (Å²) in [5.41, 5.74) is -3.78. The van der Waals surface area contributed by atoms with Crippen molar-refractivity contribution in [2.45, 2.75) is 78.2 Å². The number of fused-ring (bicyclic) bond motifs is 5. The molecule has 6 rings (SSSR count). The van der Waals surface area contributed by atoms with E-state index in [4.69, 9.17) is 14.2 Å². The van der Waals surface area contributed by atoms with Gasteiger partial charge in [-0.2, -0.15) is 13.2 Å². The van der Waals surface area contributed by atoms with Gasteiger partial charge < -0.3 is 23.8 Å². The van der Waals surface area contributed by atoms with Gasteiger partial charge in [-0.15, -0.1) is 0 Å². The second-order valence-electron chi connectivity index (χ2n) is 12.8. The third-order valence-corrected chi connectivity index (χ3v) is 9.68. The van der Waals surface area contributed by atoms with Crippen molar-refractivity contribution in [1.82, 2.24) is 5.16 Å². The van der Waals surface area contributed by atoms with Crippen LogP contribution in [-0.2, 0) is 25.2 Å². The molecule has 1 spiro atoms. The van der Waals surface area contributed by atoms with Crippen molar-refractivity contribution in [1.29, 1.82) is 0 Å². The number of hydrogen-bond donors (Lipinski definition) is 1. The first-order chi connectivity index (χ1) is 18.4. The van der Waals surface area contributed by atoms with Crippen LogP contribution in [0.2, 0.25) is 0 Å². The second kappa shape index (κ2) is 7.95. The Kier molecular flexibility index (Phi) is 5.45. The number of aryl methyl sites for hydroxylation is 1. The average molecular weight is 564 g/mol. The summed E-state index contributed by atoms with van der Waals surface area (Å²) < 4.78 is 63.3. The summed E-state index contributed by atoms with van der Waals surface area (Å²) in [5.74, 6) is -4.93. The Labute approximate surface area is 229 Å². The first-order valence-electron chi connectivity index (χ1n) is 13.3. The van der Waals surface area contributed by atoms with Gasteiger partial charge in [-0.25, -0.2) is 4.79 Å². The Bertz CT molecular complexity index is 1430. The van der Waals surface area contributed by atoms with Crippen molar-refractivity contribution >= 4 is 11.8 Å². The van der Waals surface area contributed by atoms with Gasteiger partial charge in [0, 0.05) is 5.92 Å². The summed E-state index contributed by atoms with van der Waals surface area (Å²) in [7, 11) is 0. The maximum Gasteiger partial charge on any atom is 0.453 e. The second-order valence-corrected chi connectivity index (χ2v) is 12.8. The summed E-state index contributed by atoms with van der Waals surface area (Å²) in [6.07, 6.45) is -2.24. The van der Waals surface area contributed by atoms with Gasteiger partial charge in [-0.1, -0.05) is 42.8 Å². The minimum atomic E-state index is -5.00. The van der Waals surface area contributed by atoms with E-state index < -0.39 is 58.4 Å². The molecule has 40 heavy (non-hydrogen) atoms. The number of halogens is 3. The smallest absolute Gasteiger partial charge is 0.451 e. The summed E-state index contributed by atoms with van der Waals surface area (Å²) in [5, 5.41) is 16.2. The maximum absolute atomic E-state index is 14.6. The number of hydrogen-bond acceptors (Lipinski definition) is 8. The van der Waals surface area contributed by atoms with E-state index in [1.54, 1.807) is 33.8 Å². The predicted octanol–water partition coefficient (Wildman–Crippen LogP) is 4.71. The number of rotatable bonds is 2. The van der Waals surface area contributed by atoms with Crippen molar-refractivity contribution in [2.75, 3.05) is 6.61 Å². The standard InChI is InChI=1S/C29H32F3NO7/c1-12-10-27-13(2)8-17-19(25(17,4)5)16(20(27)34)9-15-11-37-26(6,7)39-22(15)28(27,36)21(12)38-24(35)18-14(3)33-40-23(18)29(30,31)32/h8-10,16-17,19,21-22,36H,11H2,1-7H3/t16-,17+,19-,21-,22+,27-,28+/m0/s1. The van der Waals surface area contributed by atoms with Crippen LogP contribution in [0.5, 0.6) is 0 Å². The molecule has 1 aromatic heterocycles.